The molecule has 1 N–H and O–H groups in total. The number of benzene rings is 2. The van der Waals surface area contributed by atoms with E-state index in [1.807, 2.05) is 12.2 Å². The second-order valence-electron chi connectivity index (χ2n) is 8.64. The number of aryl methyl sites for hydroxylation is 2. The minimum atomic E-state index is 0. The molecule has 1 aromatic heterocycles. The molecule has 4 rings (SSSR count). The molecule has 0 aliphatic heterocycles. The smallest absolute Gasteiger partial charge is 0.216 e. The molecule has 192 valence electrons. The molecule has 3 heteroatoms. The maximum atomic E-state index is 7.48. The summed E-state index contributed by atoms with van der Waals surface area (Å²) in [4.78, 5) is 0. The van der Waals surface area contributed by atoms with Gasteiger partial charge >= 0.3 is 0 Å². The van der Waals surface area contributed by atoms with Gasteiger partial charge in [0.25, 0.3) is 0 Å². The first-order valence-corrected chi connectivity index (χ1v) is 11.8. The van der Waals surface area contributed by atoms with Crippen molar-refractivity contribution in [2.75, 3.05) is 0 Å². The van der Waals surface area contributed by atoms with Crippen molar-refractivity contribution in [1.82, 2.24) is 0 Å². The first-order valence-electron chi connectivity index (χ1n) is 11.8. The molecule has 1 fully saturated rings. The van der Waals surface area contributed by atoms with Gasteiger partial charge in [-0.15, -0.1) is 6.04 Å². The van der Waals surface area contributed by atoms with Gasteiger partial charge in [0.1, 0.15) is 7.05 Å². The third-order valence-electron chi connectivity index (χ3n) is 5.96. The predicted octanol–water partition coefficient (Wildman–Crippen LogP) is 9.26. The van der Waals surface area contributed by atoms with Crippen LogP contribution in [0.1, 0.15) is 64.0 Å². The Morgan fingerprint density at radius 3 is 2.09 bits per heavy atom. The first-order chi connectivity index (χ1) is 15.0. The summed E-state index contributed by atoms with van der Waals surface area (Å²) >= 11 is 0. The molecule has 1 aliphatic rings. The van der Waals surface area contributed by atoms with Gasteiger partial charge in [0, 0.05) is 32.7 Å². The van der Waals surface area contributed by atoms with Crippen LogP contribution in [0.3, 0.4) is 0 Å². The molecule has 3 aromatic rings. The van der Waals surface area contributed by atoms with Gasteiger partial charge in [-0.2, -0.15) is 0 Å². The number of pyridine rings is 1. The van der Waals surface area contributed by atoms with E-state index >= 15 is 0 Å². The Labute approximate surface area is 224 Å². The van der Waals surface area contributed by atoms with Crippen LogP contribution in [0.25, 0.3) is 33.5 Å². The summed E-state index contributed by atoms with van der Waals surface area (Å²) < 4.78 is 2.20. The number of allylic oxidation sites excluding steroid dienone is 2. The second-order valence-corrected chi connectivity index (χ2v) is 8.64. The van der Waals surface area contributed by atoms with Gasteiger partial charge in [0.05, 0.1) is 5.39 Å². The summed E-state index contributed by atoms with van der Waals surface area (Å²) in [6.45, 7) is 12.4. The fraction of sp³-hybridized carbons (Fsp3) is 0.387. The molecule has 2 aromatic carbocycles. The van der Waals surface area contributed by atoms with Crippen molar-refractivity contribution >= 4 is 27.8 Å². The molecule has 2 unspecified atom stereocenters. The number of rotatable bonds is 2. The van der Waals surface area contributed by atoms with Crippen LogP contribution >= 0.6 is 0 Å². The Balaban J connectivity index is 0. The molecule has 0 amide bonds. The van der Waals surface area contributed by atoms with Gasteiger partial charge in [-0.1, -0.05) is 108 Å². The van der Waals surface area contributed by atoms with Gasteiger partial charge in [-0.3, -0.25) is 0 Å². The Bertz CT molecular complexity index is 1010. The summed E-state index contributed by atoms with van der Waals surface area (Å²) in [5, 5.41) is 3.90. The zero-order valence-electron chi connectivity index (χ0n) is 22.4. The number of hydrogen-bond acceptors (Lipinski definition) is 0. The normalized spacial score (nSPS) is 16.6. The molecule has 0 saturated heterocycles. The van der Waals surface area contributed by atoms with E-state index in [0.717, 1.165) is 6.42 Å². The van der Waals surface area contributed by atoms with E-state index < -0.39 is 0 Å². The monoisotopic (exact) mass is 641 g/mol. The average Bonchev–Trinajstić information content (AvgIpc) is 2.77. The van der Waals surface area contributed by atoms with E-state index in [9.17, 15) is 0 Å². The maximum Gasteiger partial charge on any atom is 0.216 e. The molecule has 1 heterocycles. The fourth-order valence-corrected chi connectivity index (χ4v) is 4.27. The van der Waals surface area contributed by atoms with Crippen LogP contribution in [-0.4, -0.2) is 6.04 Å². The van der Waals surface area contributed by atoms with Crippen LogP contribution in [0.15, 0.2) is 61.3 Å². The van der Waals surface area contributed by atoms with Crippen LogP contribution in [0.2, 0.25) is 0 Å². The summed E-state index contributed by atoms with van der Waals surface area (Å²) in [7, 11) is 2.10. The fourth-order valence-electron chi connectivity index (χ4n) is 4.27. The van der Waals surface area contributed by atoms with Crippen LogP contribution < -0.4 is 4.57 Å². The third kappa shape index (κ3) is 8.79. The van der Waals surface area contributed by atoms with E-state index in [-0.39, 0.29) is 42.0 Å². The average molecular weight is 642 g/mol. The van der Waals surface area contributed by atoms with Crippen molar-refractivity contribution in [2.24, 2.45) is 13.0 Å². The third-order valence-corrected chi connectivity index (χ3v) is 5.96. The molecule has 1 aliphatic carbocycles. The number of hydrogen-bond donors (Lipinski definition) is 0. The van der Waals surface area contributed by atoms with Gasteiger partial charge < -0.3 is 20.6 Å². The zero-order chi connectivity index (χ0) is 22.8. The van der Waals surface area contributed by atoms with Crippen molar-refractivity contribution in [3.05, 3.63) is 93.0 Å². The maximum absolute atomic E-state index is 7.48. The van der Waals surface area contributed by atoms with Crippen molar-refractivity contribution in [3.8, 4) is 0 Å². The molecule has 1 saturated carbocycles. The molecule has 2 nitrogen and oxygen atoms in total. The Morgan fingerprint density at radius 1 is 1.00 bits per heavy atom. The molecule has 0 radical (unpaired) electrons. The second kappa shape index (κ2) is 17.6. The molecular weight excluding hydrogens is 595 g/mol. The van der Waals surface area contributed by atoms with Crippen molar-refractivity contribution in [3.63, 3.8) is 0 Å². The van der Waals surface area contributed by atoms with E-state index in [4.69, 9.17) is 5.73 Å². The topological polar surface area (TPSA) is 27.7 Å². The minimum Gasteiger partial charge on any atom is -0.674 e. The van der Waals surface area contributed by atoms with Crippen molar-refractivity contribution in [2.45, 2.75) is 65.8 Å². The first kappa shape index (κ1) is 34.4. The summed E-state index contributed by atoms with van der Waals surface area (Å²) in [6.07, 6.45) is 14.4. The number of nitrogens with one attached hydrogen (secondary N) is 1. The van der Waals surface area contributed by atoms with Crippen LogP contribution in [0.5, 0.6) is 0 Å². The quantitative estimate of drug-likeness (QED) is 0.116. The van der Waals surface area contributed by atoms with Gasteiger partial charge in [0.15, 0.2) is 6.20 Å². The molecule has 0 spiro atoms. The largest absolute Gasteiger partial charge is 0.674 e. The van der Waals surface area contributed by atoms with Crippen LogP contribution in [-0.2, 0) is 28.1 Å². The van der Waals surface area contributed by atoms with E-state index in [2.05, 4.69) is 94.6 Å². The molecule has 2 atom stereocenters. The van der Waals surface area contributed by atoms with Gasteiger partial charge in [0.2, 0.25) is 5.52 Å². The minimum absolute atomic E-state index is 0. The summed E-state index contributed by atoms with van der Waals surface area (Å²) in [6, 6.07) is 13.1. The van der Waals surface area contributed by atoms with E-state index in [1.54, 1.807) is 0 Å². The molecule has 34 heavy (non-hydrogen) atoms. The molecule has 0 bridgehead atoms. The van der Waals surface area contributed by atoms with Gasteiger partial charge in [-0.25, -0.2) is 4.57 Å². The Hall–Kier alpha value is -1.76. The SMILES string of the molecule is C=C/C=C\c1c(C)c2c(ccc[n+]2C)c2ccccc12.CC1CCCCC1[NH-].CCC.[CH3-].[CH3-].[Pt]. The van der Waals surface area contributed by atoms with E-state index in [0.29, 0.717) is 5.92 Å². The van der Waals surface area contributed by atoms with Crippen molar-refractivity contribution < 1.29 is 25.6 Å². The zero-order valence-corrected chi connectivity index (χ0v) is 24.7. The van der Waals surface area contributed by atoms with Crippen LogP contribution in [0, 0.1) is 27.7 Å². The molecular formula is C31H46N2Pt-2. The van der Waals surface area contributed by atoms with E-state index in [1.165, 1.54) is 58.5 Å². The predicted molar refractivity (Wildman–Crippen MR) is 151 cm³/mol. The summed E-state index contributed by atoms with van der Waals surface area (Å²) in [5.41, 5.74) is 11.3. The number of fused-ring (bicyclic) bond motifs is 3. The number of aromatic nitrogens is 1. The Morgan fingerprint density at radius 2 is 1.56 bits per heavy atom. The standard InChI is InChI=1S/C19H18N.C7H14N.C3H8.2CH3.Pt/c1-4-5-9-15-14(2)19-18(12-8-13-20(19)3)17-11-7-6-10-16(15)17;1-6-4-2-3-5-7(6)8;1-3-2;;;/h4-13H,1H2,2-3H3;6-8H,2-5H2,1H3;3H2,1-2H3;2*1H3;/q+1;-1;;2*-1;/b9-5-;;;;;. The van der Waals surface area contributed by atoms with Crippen molar-refractivity contribution in [1.29, 1.82) is 0 Å². The van der Waals surface area contributed by atoms with Gasteiger partial charge in [-0.05, 0) is 29.3 Å². The summed E-state index contributed by atoms with van der Waals surface area (Å²) in [5.74, 6) is 0.670. The number of nitrogens with zero attached hydrogens (tertiary/aromatic N) is 1. The Kier molecular flexibility index (Phi) is 17.9. The van der Waals surface area contributed by atoms with Crippen LogP contribution in [0.4, 0.5) is 0 Å².